The molecule has 0 saturated heterocycles. The lowest BCUT2D eigenvalue weighted by atomic mass is 10.1. The number of thioether (sulfide) groups is 1. The zero-order valence-electron chi connectivity index (χ0n) is 7.98. The summed E-state index contributed by atoms with van der Waals surface area (Å²) in [5.74, 6) is 0.514. The van der Waals surface area contributed by atoms with Gasteiger partial charge in [-0.3, -0.25) is 4.79 Å². The molecular formula is C9H16O4S. The van der Waals surface area contributed by atoms with Crippen molar-refractivity contribution in [1.82, 2.24) is 0 Å². The fraction of sp³-hybridized carbons (Fsp3) is 0.889. The van der Waals surface area contributed by atoms with Crippen LogP contribution in [0.4, 0.5) is 0 Å². The molecule has 0 amide bonds. The third-order valence-corrected chi connectivity index (χ3v) is 3.85. The van der Waals surface area contributed by atoms with Crippen LogP contribution in [0.15, 0.2) is 0 Å². The second kappa shape index (κ2) is 5.00. The maximum atomic E-state index is 10.5. The van der Waals surface area contributed by atoms with Crippen molar-refractivity contribution in [3.05, 3.63) is 0 Å². The Kier molecular flexibility index (Phi) is 4.22. The molecule has 14 heavy (non-hydrogen) atoms. The van der Waals surface area contributed by atoms with Gasteiger partial charge >= 0.3 is 5.97 Å². The smallest absolute Gasteiger partial charge is 0.303 e. The van der Waals surface area contributed by atoms with Gasteiger partial charge in [-0.1, -0.05) is 0 Å². The molecule has 0 aromatic rings. The number of aliphatic hydroxyl groups is 2. The van der Waals surface area contributed by atoms with Crippen LogP contribution in [-0.2, 0) is 4.79 Å². The third-order valence-electron chi connectivity index (χ3n) is 2.41. The van der Waals surface area contributed by atoms with Crippen LogP contribution in [0.3, 0.4) is 0 Å². The monoisotopic (exact) mass is 220 g/mol. The molecule has 1 aliphatic carbocycles. The molecule has 1 aliphatic rings. The summed E-state index contributed by atoms with van der Waals surface area (Å²) in [4.78, 5) is 10.5. The van der Waals surface area contributed by atoms with Gasteiger partial charge in [0.05, 0.1) is 19.1 Å². The van der Waals surface area contributed by atoms with E-state index in [0.717, 1.165) is 18.6 Å². The molecule has 0 bridgehead atoms. The van der Waals surface area contributed by atoms with Crippen molar-refractivity contribution in [3.8, 4) is 0 Å². The molecule has 1 fully saturated rings. The van der Waals surface area contributed by atoms with E-state index in [2.05, 4.69) is 0 Å². The van der Waals surface area contributed by atoms with Crippen molar-refractivity contribution in [1.29, 1.82) is 0 Å². The highest BCUT2D eigenvalue weighted by Crippen LogP contribution is 2.50. The minimum atomic E-state index is -0.745. The molecule has 0 heterocycles. The Labute approximate surface area is 87.3 Å². The summed E-state index contributed by atoms with van der Waals surface area (Å²) >= 11 is 1.52. The number of hydrogen-bond acceptors (Lipinski definition) is 4. The van der Waals surface area contributed by atoms with E-state index in [4.69, 9.17) is 15.3 Å². The van der Waals surface area contributed by atoms with Crippen LogP contribution in [-0.4, -0.2) is 45.5 Å². The SMILES string of the molecule is O=C(O)CC1(CSCC(O)CO)CC1. The number of aliphatic carboxylic acids is 1. The predicted octanol–water partition coefficient (Wildman–Crippen LogP) is 0.328. The van der Waals surface area contributed by atoms with E-state index in [-0.39, 0.29) is 18.4 Å². The van der Waals surface area contributed by atoms with E-state index in [0.29, 0.717) is 5.75 Å². The Morgan fingerprint density at radius 1 is 1.50 bits per heavy atom. The summed E-state index contributed by atoms with van der Waals surface area (Å²) in [5, 5.41) is 26.3. The fourth-order valence-electron chi connectivity index (χ4n) is 1.33. The van der Waals surface area contributed by atoms with Gasteiger partial charge in [0.25, 0.3) is 0 Å². The average molecular weight is 220 g/mol. The van der Waals surface area contributed by atoms with Gasteiger partial charge in [-0.2, -0.15) is 11.8 Å². The van der Waals surface area contributed by atoms with Gasteiger partial charge in [-0.05, 0) is 24.0 Å². The molecule has 0 aromatic carbocycles. The maximum absolute atomic E-state index is 10.5. The van der Waals surface area contributed by atoms with Gasteiger partial charge < -0.3 is 15.3 Å². The summed E-state index contributed by atoms with van der Waals surface area (Å²) in [7, 11) is 0. The third kappa shape index (κ3) is 3.86. The molecule has 1 saturated carbocycles. The number of carbonyl (C=O) groups is 1. The Morgan fingerprint density at radius 3 is 2.57 bits per heavy atom. The number of aliphatic hydroxyl groups excluding tert-OH is 2. The summed E-state index contributed by atoms with van der Waals surface area (Å²) in [6, 6.07) is 0. The van der Waals surface area contributed by atoms with Crippen molar-refractivity contribution < 1.29 is 20.1 Å². The first-order valence-corrected chi connectivity index (χ1v) is 5.82. The lowest BCUT2D eigenvalue weighted by Gasteiger charge is -2.13. The zero-order chi connectivity index (χ0) is 10.6. The largest absolute Gasteiger partial charge is 0.481 e. The zero-order valence-corrected chi connectivity index (χ0v) is 8.79. The Bertz CT molecular complexity index is 203. The van der Waals surface area contributed by atoms with Crippen molar-refractivity contribution in [2.24, 2.45) is 5.41 Å². The molecule has 0 aromatic heterocycles. The lowest BCUT2D eigenvalue weighted by Crippen LogP contribution is -2.17. The fourth-order valence-corrected chi connectivity index (χ4v) is 2.65. The van der Waals surface area contributed by atoms with Crippen molar-refractivity contribution in [2.75, 3.05) is 18.1 Å². The average Bonchev–Trinajstić information content (AvgIpc) is 2.83. The molecular weight excluding hydrogens is 204 g/mol. The van der Waals surface area contributed by atoms with Gasteiger partial charge in [0.15, 0.2) is 0 Å². The highest BCUT2D eigenvalue weighted by Gasteiger charge is 2.44. The summed E-state index contributed by atoms with van der Waals surface area (Å²) < 4.78 is 0. The minimum absolute atomic E-state index is 0.0221. The number of rotatable bonds is 7. The number of carboxylic acid groups (broad SMARTS) is 1. The quantitative estimate of drug-likeness (QED) is 0.576. The standard InChI is InChI=1S/C9H16O4S/c10-4-7(11)5-14-6-9(1-2-9)3-8(12)13/h7,10-11H,1-6H2,(H,12,13). The first-order chi connectivity index (χ1) is 6.58. The van der Waals surface area contributed by atoms with Gasteiger partial charge in [-0.15, -0.1) is 0 Å². The van der Waals surface area contributed by atoms with Crippen LogP contribution in [0.5, 0.6) is 0 Å². The Morgan fingerprint density at radius 2 is 2.14 bits per heavy atom. The van der Waals surface area contributed by atoms with E-state index < -0.39 is 12.1 Å². The topological polar surface area (TPSA) is 77.8 Å². The highest BCUT2D eigenvalue weighted by molar-refractivity contribution is 7.99. The minimum Gasteiger partial charge on any atom is -0.481 e. The first-order valence-electron chi connectivity index (χ1n) is 4.66. The van der Waals surface area contributed by atoms with Crippen LogP contribution in [0, 0.1) is 5.41 Å². The second-order valence-corrected chi connectivity index (χ2v) is 4.95. The Balaban J connectivity index is 2.14. The summed E-state index contributed by atoms with van der Waals surface area (Å²) in [6.07, 6.45) is 1.50. The van der Waals surface area contributed by atoms with Gasteiger partial charge in [0.2, 0.25) is 0 Å². The molecule has 5 heteroatoms. The molecule has 1 atom stereocenters. The molecule has 1 unspecified atom stereocenters. The predicted molar refractivity (Wildman–Crippen MR) is 54.3 cm³/mol. The Hall–Kier alpha value is -0.260. The molecule has 0 aliphatic heterocycles. The first kappa shape index (κ1) is 11.8. The molecule has 3 N–H and O–H groups in total. The summed E-state index contributed by atoms with van der Waals surface area (Å²) in [5.41, 5.74) is -0.0221. The van der Waals surface area contributed by atoms with E-state index in [1.165, 1.54) is 11.8 Å². The molecule has 4 nitrogen and oxygen atoms in total. The van der Waals surface area contributed by atoms with Crippen LogP contribution < -0.4 is 0 Å². The van der Waals surface area contributed by atoms with E-state index in [1.807, 2.05) is 0 Å². The normalized spacial score (nSPS) is 20.4. The second-order valence-electron chi connectivity index (χ2n) is 3.92. The van der Waals surface area contributed by atoms with Crippen molar-refractivity contribution in [3.63, 3.8) is 0 Å². The number of hydrogen-bond donors (Lipinski definition) is 3. The van der Waals surface area contributed by atoms with Crippen LogP contribution >= 0.6 is 11.8 Å². The maximum Gasteiger partial charge on any atom is 0.303 e. The van der Waals surface area contributed by atoms with Gasteiger partial charge in [-0.25, -0.2) is 0 Å². The molecule has 0 spiro atoms. The molecule has 0 radical (unpaired) electrons. The van der Waals surface area contributed by atoms with Gasteiger partial charge in [0.1, 0.15) is 0 Å². The van der Waals surface area contributed by atoms with E-state index >= 15 is 0 Å². The summed E-state index contributed by atoms with van der Waals surface area (Å²) in [6.45, 7) is -0.223. The molecule has 82 valence electrons. The van der Waals surface area contributed by atoms with Crippen LogP contribution in [0.2, 0.25) is 0 Å². The lowest BCUT2D eigenvalue weighted by molar-refractivity contribution is -0.138. The highest BCUT2D eigenvalue weighted by atomic mass is 32.2. The van der Waals surface area contributed by atoms with E-state index in [9.17, 15) is 4.79 Å². The van der Waals surface area contributed by atoms with Crippen molar-refractivity contribution >= 4 is 17.7 Å². The molecule has 1 rings (SSSR count). The van der Waals surface area contributed by atoms with Crippen molar-refractivity contribution in [2.45, 2.75) is 25.4 Å². The number of carboxylic acids is 1. The van der Waals surface area contributed by atoms with Crippen LogP contribution in [0.25, 0.3) is 0 Å². The van der Waals surface area contributed by atoms with Crippen LogP contribution in [0.1, 0.15) is 19.3 Å². The van der Waals surface area contributed by atoms with E-state index in [1.54, 1.807) is 0 Å². The van der Waals surface area contributed by atoms with Gasteiger partial charge in [0, 0.05) is 5.75 Å².